The van der Waals surface area contributed by atoms with Crippen molar-refractivity contribution in [3.05, 3.63) is 118 Å². The van der Waals surface area contributed by atoms with Crippen LogP contribution in [0.25, 0.3) is 0 Å². The molecule has 240 valence electrons. The van der Waals surface area contributed by atoms with Gasteiger partial charge in [0.15, 0.2) is 11.5 Å². The molecule has 1 saturated heterocycles. The predicted molar refractivity (Wildman–Crippen MR) is 179 cm³/mol. The van der Waals surface area contributed by atoms with Crippen molar-refractivity contribution in [3.63, 3.8) is 0 Å². The van der Waals surface area contributed by atoms with Crippen molar-refractivity contribution < 1.29 is 19.1 Å². The Bertz CT molecular complexity index is 1550. The van der Waals surface area contributed by atoms with Gasteiger partial charge < -0.3 is 29.5 Å². The molecule has 0 aliphatic carbocycles. The number of hydrogen-bond acceptors (Lipinski definition) is 6. The highest BCUT2D eigenvalue weighted by Crippen LogP contribution is 2.44. The maximum Gasteiger partial charge on any atom is 0.213 e. The minimum Gasteiger partial charge on any atom is -0.486 e. The van der Waals surface area contributed by atoms with Gasteiger partial charge in [-0.25, -0.2) is 0 Å². The molecule has 8 nitrogen and oxygen atoms in total. The minimum atomic E-state index is -0.343. The Labute approximate surface area is 272 Å². The van der Waals surface area contributed by atoms with E-state index in [0.717, 1.165) is 80.1 Å². The first kappa shape index (κ1) is 31.4. The lowest BCUT2D eigenvalue weighted by Gasteiger charge is -2.43. The van der Waals surface area contributed by atoms with Gasteiger partial charge in [-0.15, -0.1) is 0 Å². The summed E-state index contributed by atoms with van der Waals surface area (Å²) in [5, 5.41) is 3.44. The van der Waals surface area contributed by atoms with E-state index in [1.54, 1.807) is 11.9 Å². The van der Waals surface area contributed by atoms with Crippen molar-refractivity contribution in [1.82, 2.24) is 20.0 Å². The molecule has 0 spiro atoms. The number of dihydropyridines is 1. The average molecular weight is 621 g/mol. The zero-order valence-corrected chi connectivity index (χ0v) is 27.1. The van der Waals surface area contributed by atoms with Crippen molar-refractivity contribution in [1.29, 1.82) is 0 Å². The van der Waals surface area contributed by atoms with Gasteiger partial charge in [-0.1, -0.05) is 66.7 Å². The molecule has 0 bridgehead atoms. The molecule has 3 aromatic carbocycles. The molecule has 3 aromatic rings. The molecular formula is C38H44N4O4. The molecule has 1 fully saturated rings. The Kier molecular flexibility index (Phi) is 9.45. The second kappa shape index (κ2) is 13.8. The number of ether oxygens (including phenoxy) is 2. The number of likely N-dealkylation sites (tertiary alicyclic amines) is 1. The molecule has 3 aliphatic rings. The summed E-state index contributed by atoms with van der Waals surface area (Å²) in [6.07, 6.45) is 4.66. The van der Waals surface area contributed by atoms with E-state index in [9.17, 15) is 9.59 Å². The first-order valence-electron chi connectivity index (χ1n) is 16.3. The first-order valence-corrected chi connectivity index (χ1v) is 16.3. The highest BCUT2D eigenvalue weighted by atomic mass is 16.6. The van der Waals surface area contributed by atoms with E-state index in [4.69, 9.17) is 9.47 Å². The monoisotopic (exact) mass is 620 g/mol. The summed E-state index contributed by atoms with van der Waals surface area (Å²) in [5.41, 5.74) is 7.10. The van der Waals surface area contributed by atoms with Gasteiger partial charge in [0.25, 0.3) is 0 Å². The van der Waals surface area contributed by atoms with Crippen molar-refractivity contribution in [2.45, 2.75) is 44.4 Å². The number of hydrogen-bond donors (Lipinski definition) is 1. The van der Waals surface area contributed by atoms with E-state index in [-0.39, 0.29) is 11.3 Å². The molecular weight excluding hydrogens is 576 g/mol. The third-order valence-electron chi connectivity index (χ3n) is 9.80. The van der Waals surface area contributed by atoms with E-state index in [0.29, 0.717) is 31.3 Å². The highest BCUT2D eigenvalue weighted by Gasteiger charge is 2.38. The summed E-state index contributed by atoms with van der Waals surface area (Å²) in [5.74, 6) is 1.04. The van der Waals surface area contributed by atoms with Crippen LogP contribution < -0.4 is 14.8 Å². The third kappa shape index (κ3) is 6.14. The number of carbonyl (C=O) groups is 2. The fourth-order valence-electron chi connectivity index (χ4n) is 7.54. The van der Waals surface area contributed by atoms with Crippen LogP contribution in [-0.2, 0) is 15.0 Å². The molecule has 0 radical (unpaired) electrons. The van der Waals surface area contributed by atoms with Crippen LogP contribution >= 0.6 is 0 Å². The second-order valence-electron chi connectivity index (χ2n) is 12.5. The predicted octanol–water partition coefficient (Wildman–Crippen LogP) is 5.63. The summed E-state index contributed by atoms with van der Waals surface area (Å²) in [7, 11) is 1.75. The quantitative estimate of drug-likeness (QED) is 0.281. The third-order valence-corrected chi connectivity index (χ3v) is 9.80. The molecule has 2 amide bonds. The normalized spacial score (nSPS) is 19.3. The van der Waals surface area contributed by atoms with Gasteiger partial charge in [0.2, 0.25) is 12.8 Å². The fraction of sp³-hybridized carbons (Fsp3) is 0.368. The lowest BCUT2D eigenvalue weighted by Crippen LogP contribution is -2.44. The number of likely N-dealkylation sites (N-methyl/N-ethyl adjacent to an activating group) is 1. The van der Waals surface area contributed by atoms with Gasteiger partial charge in [0.05, 0.1) is 17.3 Å². The standard InChI is InChI=1S/C38H44N4O4/c1-28-36(40(3)26-43)35(30-15-16-33-34(25-30)46-24-23-45-33)37(29(2)39-28)42(27-44)20-10-19-41-21-17-38(18-22-41,31-11-6-4-7-12-31)32-13-8-5-9-14-32/h4-9,11-16,25-27,35,39H,10,17-24H2,1-3H3. The zero-order valence-electron chi connectivity index (χ0n) is 27.1. The number of nitrogens with zero attached hydrogens (tertiary/aromatic N) is 3. The Morgan fingerprint density at radius 2 is 1.43 bits per heavy atom. The molecule has 3 aliphatic heterocycles. The lowest BCUT2D eigenvalue weighted by atomic mass is 9.68. The number of amides is 2. The number of fused-ring (bicyclic) bond motifs is 1. The number of piperidine rings is 1. The van der Waals surface area contributed by atoms with Crippen LogP contribution in [-0.4, -0.2) is 74.0 Å². The SMILES string of the molecule is CC1=C(N(C)C=O)C(c2ccc3c(c2)OCCO3)C(N(C=O)CCCN2CCC(c3ccccc3)(c3ccccc3)CC2)=C(C)N1. The van der Waals surface area contributed by atoms with Gasteiger partial charge in [-0.05, 0) is 81.6 Å². The van der Waals surface area contributed by atoms with Gasteiger partial charge in [0, 0.05) is 30.4 Å². The Morgan fingerprint density at radius 3 is 2.04 bits per heavy atom. The Morgan fingerprint density at radius 1 is 0.826 bits per heavy atom. The molecule has 1 unspecified atom stereocenters. The first-order chi connectivity index (χ1) is 22.4. The number of nitrogens with one attached hydrogen (secondary N) is 1. The maximum atomic E-state index is 12.8. The van der Waals surface area contributed by atoms with E-state index in [2.05, 4.69) is 70.9 Å². The van der Waals surface area contributed by atoms with Gasteiger partial charge in [-0.2, -0.15) is 0 Å². The van der Waals surface area contributed by atoms with E-state index < -0.39 is 0 Å². The van der Waals surface area contributed by atoms with Crippen molar-refractivity contribution in [3.8, 4) is 11.5 Å². The van der Waals surface area contributed by atoms with Crippen LogP contribution in [0.15, 0.2) is 102 Å². The summed E-state index contributed by atoms with van der Waals surface area (Å²) in [6, 6.07) is 27.7. The number of rotatable bonds is 11. The molecule has 0 saturated carbocycles. The van der Waals surface area contributed by atoms with Crippen LogP contribution in [0.4, 0.5) is 0 Å². The van der Waals surface area contributed by atoms with Crippen molar-refractivity contribution in [2.24, 2.45) is 0 Å². The summed E-state index contributed by atoms with van der Waals surface area (Å²) < 4.78 is 11.7. The van der Waals surface area contributed by atoms with Crippen LogP contribution in [0.2, 0.25) is 0 Å². The van der Waals surface area contributed by atoms with Crippen LogP contribution in [0.1, 0.15) is 55.7 Å². The smallest absolute Gasteiger partial charge is 0.213 e. The minimum absolute atomic E-state index is 0.00555. The number of allylic oxidation sites excluding steroid dienone is 2. The molecule has 3 heterocycles. The number of carbonyl (C=O) groups excluding carboxylic acids is 2. The molecule has 46 heavy (non-hydrogen) atoms. The maximum absolute atomic E-state index is 12.8. The Hall–Kier alpha value is -4.56. The fourth-order valence-corrected chi connectivity index (χ4v) is 7.54. The summed E-state index contributed by atoms with van der Waals surface area (Å²) in [6.45, 7) is 8.40. The zero-order chi connectivity index (χ0) is 32.1. The summed E-state index contributed by atoms with van der Waals surface area (Å²) in [4.78, 5) is 30.8. The molecule has 1 N–H and O–H groups in total. The van der Waals surface area contributed by atoms with Crippen LogP contribution in [0, 0.1) is 0 Å². The lowest BCUT2D eigenvalue weighted by molar-refractivity contribution is -0.116. The van der Waals surface area contributed by atoms with E-state index >= 15 is 0 Å². The largest absolute Gasteiger partial charge is 0.486 e. The Balaban J connectivity index is 1.19. The van der Waals surface area contributed by atoms with Crippen LogP contribution in [0.5, 0.6) is 11.5 Å². The average Bonchev–Trinajstić information content (AvgIpc) is 3.11. The topological polar surface area (TPSA) is 74.4 Å². The van der Waals surface area contributed by atoms with Crippen molar-refractivity contribution >= 4 is 12.8 Å². The highest BCUT2D eigenvalue weighted by molar-refractivity contribution is 5.61. The molecule has 6 rings (SSSR count). The molecule has 0 aromatic heterocycles. The van der Waals surface area contributed by atoms with Crippen molar-refractivity contribution in [2.75, 3.05) is 46.4 Å². The van der Waals surface area contributed by atoms with Gasteiger partial charge in [0.1, 0.15) is 13.2 Å². The summed E-state index contributed by atoms with van der Waals surface area (Å²) >= 11 is 0. The van der Waals surface area contributed by atoms with E-state index in [1.165, 1.54) is 11.1 Å². The molecule has 1 atom stereocenters. The molecule has 8 heteroatoms. The number of benzene rings is 3. The second-order valence-corrected chi connectivity index (χ2v) is 12.5. The van der Waals surface area contributed by atoms with E-state index in [1.807, 2.05) is 36.9 Å². The van der Waals surface area contributed by atoms with Crippen LogP contribution in [0.3, 0.4) is 0 Å². The van der Waals surface area contributed by atoms with Gasteiger partial charge in [-0.3, -0.25) is 9.59 Å². The van der Waals surface area contributed by atoms with Gasteiger partial charge >= 0.3 is 0 Å².